The Labute approximate surface area is 213 Å². The number of carbonyl (C=O) groups excluding carboxylic acids is 1. The first kappa shape index (κ1) is 23.0. The smallest absolute Gasteiger partial charge is 0.317 e. The molecule has 186 valence electrons. The fraction of sp³-hybridized carbons (Fsp3) is 0.423. The summed E-state index contributed by atoms with van der Waals surface area (Å²) in [5, 5.41) is 11.9. The SMILES string of the molecule is O=C(NC1CCCC(Cc2cc(-c3ccco3)nc(-c3[nH]nc4ncc(Cl)cc34)n2)C1)N1CCCC1. The third-order valence-corrected chi connectivity index (χ3v) is 7.36. The molecule has 5 heterocycles. The van der Waals surface area contributed by atoms with Crippen molar-refractivity contribution in [3.8, 4) is 23.0 Å². The molecule has 36 heavy (non-hydrogen) atoms. The number of amides is 2. The Bertz CT molecular complexity index is 1360. The summed E-state index contributed by atoms with van der Waals surface area (Å²) < 4.78 is 5.65. The second kappa shape index (κ2) is 9.89. The fourth-order valence-corrected chi connectivity index (χ4v) is 5.56. The molecule has 0 aromatic carbocycles. The van der Waals surface area contributed by atoms with Gasteiger partial charge in [-0.1, -0.05) is 18.0 Å². The van der Waals surface area contributed by atoms with Gasteiger partial charge in [0.05, 0.1) is 16.7 Å². The summed E-state index contributed by atoms with van der Waals surface area (Å²) in [6, 6.07) is 7.84. The van der Waals surface area contributed by atoms with E-state index in [1.807, 2.05) is 29.2 Å². The van der Waals surface area contributed by atoms with Gasteiger partial charge >= 0.3 is 6.03 Å². The van der Waals surface area contributed by atoms with Crippen molar-refractivity contribution < 1.29 is 9.21 Å². The van der Waals surface area contributed by atoms with Crippen LogP contribution >= 0.6 is 11.6 Å². The predicted octanol–water partition coefficient (Wildman–Crippen LogP) is 5.24. The van der Waals surface area contributed by atoms with Gasteiger partial charge < -0.3 is 14.6 Å². The minimum atomic E-state index is 0.0842. The summed E-state index contributed by atoms with van der Waals surface area (Å²) in [4.78, 5) is 28.5. The van der Waals surface area contributed by atoms with Crippen LogP contribution in [0, 0.1) is 5.92 Å². The molecule has 10 heteroatoms. The average molecular weight is 506 g/mol. The van der Waals surface area contributed by atoms with Crippen molar-refractivity contribution in [3.63, 3.8) is 0 Å². The Morgan fingerprint density at radius 3 is 2.92 bits per heavy atom. The van der Waals surface area contributed by atoms with Gasteiger partial charge in [-0.3, -0.25) is 5.10 Å². The lowest BCUT2D eigenvalue weighted by atomic mass is 9.83. The largest absolute Gasteiger partial charge is 0.463 e. The van der Waals surface area contributed by atoms with E-state index < -0.39 is 0 Å². The molecule has 4 aromatic heterocycles. The van der Waals surface area contributed by atoms with Gasteiger partial charge in [-0.15, -0.1) is 0 Å². The number of carbonyl (C=O) groups is 1. The molecule has 1 aliphatic carbocycles. The second-order valence-electron chi connectivity index (χ2n) is 9.75. The van der Waals surface area contributed by atoms with Crippen LogP contribution in [0.15, 0.2) is 41.1 Å². The van der Waals surface area contributed by atoms with Crippen LogP contribution in [0.3, 0.4) is 0 Å². The molecule has 2 aliphatic rings. The number of fused-ring (bicyclic) bond motifs is 1. The molecular formula is C26H28ClN7O2. The van der Waals surface area contributed by atoms with E-state index in [-0.39, 0.29) is 12.1 Å². The van der Waals surface area contributed by atoms with Gasteiger partial charge in [-0.2, -0.15) is 5.10 Å². The van der Waals surface area contributed by atoms with Gasteiger partial charge in [0, 0.05) is 31.0 Å². The first-order chi connectivity index (χ1) is 17.6. The number of hydrogen-bond donors (Lipinski definition) is 2. The number of pyridine rings is 1. The second-order valence-corrected chi connectivity index (χ2v) is 10.2. The first-order valence-electron chi connectivity index (χ1n) is 12.6. The Kier molecular flexibility index (Phi) is 6.31. The normalized spacial score (nSPS) is 20.2. The van der Waals surface area contributed by atoms with Gasteiger partial charge in [0.15, 0.2) is 17.2 Å². The van der Waals surface area contributed by atoms with Crippen molar-refractivity contribution in [1.29, 1.82) is 0 Å². The monoisotopic (exact) mass is 505 g/mol. The zero-order chi connectivity index (χ0) is 24.5. The number of furan rings is 1. The number of nitrogens with zero attached hydrogens (tertiary/aromatic N) is 5. The van der Waals surface area contributed by atoms with E-state index >= 15 is 0 Å². The summed E-state index contributed by atoms with van der Waals surface area (Å²) in [5.74, 6) is 1.63. The third kappa shape index (κ3) is 4.80. The summed E-state index contributed by atoms with van der Waals surface area (Å²) in [6.07, 6.45) is 10.4. The fourth-order valence-electron chi connectivity index (χ4n) is 5.40. The number of urea groups is 1. The van der Waals surface area contributed by atoms with Crippen LogP contribution in [0.4, 0.5) is 4.79 Å². The molecule has 0 radical (unpaired) electrons. The quantitative estimate of drug-likeness (QED) is 0.383. The van der Waals surface area contributed by atoms with Crippen LogP contribution in [0.25, 0.3) is 34.0 Å². The number of nitrogens with one attached hydrogen (secondary N) is 2. The Hall–Kier alpha value is -3.46. The number of H-pyrrole nitrogens is 1. The highest BCUT2D eigenvalue weighted by molar-refractivity contribution is 6.31. The van der Waals surface area contributed by atoms with Gasteiger partial charge in [-0.05, 0) is 68.7 Å². The van der Waals surface area contributed by atoms with Crippen molar-refractivity contribution in [3.05, 3.63) is 47.4 Å². The number of aromatic amines is 1. The highest BCUT2D eigenvalue weighted by Crippen LogP contribution is 2.31. The molecular weight excluding hydrogens is 478 g/mol. The average Bonchev–Trinajstić information content (AvgIpc) is 3.66. The molecule has 1 saturated carbocycles. The molecule has 2 amide bonds. The molecule has 4 aromatic rings. The first-order valence-corrected chi connectivity index (χ1v) is 13.0. The third-order valence-electron chi connectivity index (χ3n) is 7.15. The number of halogens is 1. The number of aromatic nitrogens is 5. The standard InChI is InChI=1S/C26H28ClN7O2/c27-17-13-20-23(32-33-24(20)28-15-17)25-29-19(14-21(31-25)22-7-4-10-36-22)12-16-5-3-6-18(11-16)30-26(35)34-8-1-2-9-34/h4,7,10,13-16,18H,1-3,5-6,8-9,11-12H2,(H,30,35)(H,28,32,33). The van der Waals surface area contributed by atoms with Crippen LogP contribution in [0.2, 0.25) is 5.02 Å². The molecule has 6 rings (SSSR count). The van der Waals surface area contributed by atoms with Crippen molar-refractivity contribution in [2.24, 2.45) is 5.92 Å². The number of likely N-dealkylation sites (tertiary alicyclic amines) is 1. The minimum absolute atomic E-state index is 0.0842. The van der Waals surface area contributed by atoms with Crippen molar-refractivity contribution >= 4 is 28.7 Å². The maximum Gasteiger partial charge on any atom is 0.317 e. The summed E-state index contributed by atoms with van der Waals surface area (Å²) in [7, 11) is 0. The highest BCUT2D eigenvalue weighted by atomic mass is 35.5. The summed E-state index contributed by atoms with van der Waals surface area (Å²) in [5.41, 5.74) is 2.88. The van der Waals surface area contributed by atoms with E-state index in [2.05, 4.69) is 20.5 Å². The number of hydrogen-bond acceptors (Lipinski definition) is 6. The lowest BCUT2D eigenvalue weighted by Crippen LogP contribution is -2.45. The van der Waals surface area contributed by atoms with E-state index in [1.165, 1.54) is 0 Å². The van der Waals surface area contributed by atoms with Crippen LogP contribution in [0.1, 0.15) is 44.2 Å². The summed E-state index contributed by atoms with van der Waals surface area (Å²) >= 11 is 6.21. The van der Waals surface area contributed by atoms with Crippen molar-refractivity contribution in [1.82, 2.24) is 35.4 Å². The van der Waals surface area contributed by atoms with Gasteiger partial charge in [-0.25, -0.2) is 19.7 Å². The van der Waals surface area contributed by atoms with E-state index in [0.29, 0.717) is 39.6 Å². The molecule has 9 nitrogen and oxygen atoms in total. The lowest BCUT2D eigenvalue weighted by molar-refractivity contribution is 0.195. The minimum Gasteiger partial charge on any atom is -0.463 e. The molecule has 1 aliphatic heterocycles. The molecule has 0 bridgehead atoms. The molecule has 0 spiro atoms. The Morgan fingerprint density at radius 2 is 2.08 bits per heavy atom. The zero-order valence-corrected chi connectivity index (χ0v) is 20.7. The number of rotatable bonds is 5. The molecule has 1 saturated heterocycles. The van der Waals surface area contributed by atoms with E-state index in [9.17, 15) is 4.79 Å². The molecule has 2 fully saturated rings. The lowest BCUT2D eigenvalue weighted by Gasteiger charge is -2.31. The van der Waals surface area contributed by atoms with E-state index in [4.69, 9.17) is 26.0 Å². The van der Waals surface area contributed by atoms with E-state index in [0.717, 1.165) is 69.1 Å². The molecule has 2 N–H and O–H groups in total. The maximum absolute atomic E-state index is 12.6. The molecule has 2 unspecified atom stereocenters. The van der Waals surface area contributed by atoms with Gasteiger partial charge in [0.1, 0.15) is 11.4 Å². The van der Waals surface area contributed by atoms with Gasteiger partial charge in [0.25, 0.3) is 0 Å². The van der Waals surface area contributed by atoms with Crippen molar-refractivity contribution in [2.75, 3.05) is 13.1 Å². The van der Waals surface area contributed by atoms with Crippen LogP contribution in [0.5, 0.6) is 0 Å². The summed E-state index contributed by atoms with van der Waals surface area (Å²) in [6.45, 7) is 1.73. The van der Waals surface area contributed by atoms with Crippen LogP contribution in [-0.4, -0.2) is 55.2 Å². The van der Waals surface area contributed by atoms with E-state index in [1.54, 1.807) is 12.5 Å². The highest BCUT2D eigenvalue weighted by Gasteiger charge is 2.27. The maximum atomic E-state index is 12.6. The zero-order valence-electron chi connectivity index (χ0n) is 19.9. The van der Waals surface area contributed by atoms with Crippen molar-refractivity contribution in [2.45, 2.75) is 51.0 Å². The molecule has 2 atom stereocenters. The van der Waals surface area contributed by atoms with Gasteiger partial charge in [0.2, 0.25) is 0 Å². The Balaban J connectivity index is 1.26. The van der Waals surface area contributed by atoms with Crippen LogP contribution in [-0.2, 0) is 6.42 Å². The van der Waals surface area contributed by atoms with Crippen LogP contribution < -0.4 is 5.32 Å². The topological polar surface area (TPSA) is 113 Å². The Morgan fingerprint density at radius 1 is 1.19 bits per heavy atom. The predicted molar refractivity (Wildman–Crippen MR) is 136 cm³/mol.